The van der Waals surface area contributed by atoms with Crippen LogP contribution in [0.5, 0.6) is 11.5 Å². The minimum absolute atomic E-state index is 0.0559. The largest absolute Gasteiger partial charge is 0.507 e. The fourth-order valence-corrected chi connectivity index (χ4v) is 2.22. The van der Waals surface area contributed by atoms with Crippen LogP contribution >= 0.6 is 0 Å². The highest BCUT2D eigenvalue weighted by molar-refractivity contribution is 5.81. The van der Waals surface area contributed by atoms with Gasteiger partial charge in [-0.15, -0.1) is 0 Å². The lowest BCUT2D eigenvalue weighted by molar-refractivity contribution is 0.473. The lowest BCUT2D eigenvalue weighted by Crippen LogP contribution is -1.91. The predicted octanol–water partition coefficient (Wildman–Crippen LogP) is 4.41. The number of phenols is 2. The Kier molecular flexibility index (Phi) is 4.33. The van der Waals surface area contributed by atoms with Crippen molar-refractivity contribution in [2.45, 2.75) is 13.8 Å². The zero-order valence-corrected chi connectivity index (χ0v) is 12.2. The average molecular weight is 281 g/mol. The van der Waals surface area contributed by atoms with Crippen molar-refractivity contribution in [2.24, 2.45) is 0 Å². The molecule has 0 fully saturated rings. The quantitative estimate of drug-likeness (QED) is 0.576. The maximum Gasteiger partial charge on any atom is 0.146 e. The summed E-state index contributed by atoms with van der Waals surface area (Å²) in [6.07, 6.45) is 7.50. The van der Waals surface area contributed by atoms with E-state index in [0.717, 1.165) is 11.1 Å². The Morgan fingerprint density at radius 3 is 2.33 bits per heavy atom. The second-order valence-electron chi connectivity index (χ2n) is 4.78. The molecule has 0 heterocycles. The van der Waals surface area contributed by atoms with Gasteiger partial charge in [0.15, 0.2) is 0 Å². The Morgan fingerprint density at radius 2 is 1.67 bits per heavy atom. The van der Waals surface area contributed by atoms with Crippen molar-refractivity contribution in [3.05, 3.63) is 53.6 Å². The number of rotatable bonds is 3. The average Bonchev–Trinajstić information content (AvgIpc) is 2.46. The van der Waals surface area contributed by atoms with Gasteiger partial charge in [-0.05, 0) is 49.2 Å². The van der Waals surface area contributed by atoms with Crippen LogP contribution in [-0.2, 0) is 0 Å². The molecule has 0 aromatic heterocycles. The number of nitrogens with two attached hydrogens (primary N) is 1. The summed E-state index contributed by atoms with van der Waals surface area (Å²) in [5.74, 6) is 0.259. The van der Waals surface area contributed by atoms with Gasteiger partial charge in [0.2, 0.25) is 0 Å². The van der Waals surface area contributed by atoms with Gasteiger partial charge in [-0.25, -0.2) is 0 Å². The van der Waals surface area contributed by atoms with Gasteiger partial charge in [-0.2, -0.15) is 0 Å². The van der Waals surface area contributed by atoms with E-state index in [1.807, 2.05) is 50.3 Å². The van der Waals surface area contributed by atoms with Gasteiger partial charge in [-0.1, -0.05) is 30.4 Å². The molecule has 0 radical (unpaired) electrons. The van der Waals surface area contributed by atoms with Crippen LogP contribution < -0.4 is 5.73 Å². The normalized spacial score (nSPS) is 11.5. The number of anilines is 1. The Bertz CT molecular complexity index is 715. The molecule has 3 heteroatoms. The lowest BCUT2D eigenvalue weighted by atomic mass is 9.98. The van der Waals surface area contributed by atoms with Crippen LogP contribution in [0.1, 0.15) is 25.0 Å². The molecule has 0 amide bonds. The van der Waals surface area contributed by atoms with Gasteiger partial charge in [-0.3, -0.25) is 0 Å². The summed E-state index contributed by atoms with van der Waals surface area (Å²) in [6.45, 7) is 3.81. The molecular formula is C18H19NO2. The van der Waals surface area contributed by atoms with Crippen LogP contribution in [0.4, 0.5) is 5.69 Å². The van der Waals surface area contributed by atoms with Crippen LogP contribution in [-0.4, -0.2) is 10.2 Å². The number of phenolic OH excluding ortho intramolecular Hbond substituents is 2. The fraction of sp³-hybridized carbons (Fsp3) is 0.111. The third-order valence-electron chi connectivity index (χ3n) is 3.21. The third kappa shape index (κ3) is 3.08. The maximum atomic E-state index is 10.2. The Hall–Kier alpha value is -2.68. The molecule has 0 spiro atoms. The zero-order chi connectivity index (χ0) is 15.4. The van der Waals surface area contributed by atoms with Crippen molar-refractivity contribution >= 4 is 17.8 Å². The topological polar surface area (TPSA) is 66.5 Å². The first kappa shape index (κ1) is 14.7. The summed E-state index contributed by atoms with van der Waals surface area (Å²) in [6, 6.07) is 8.80. The van der Waals surface area contributed by atoms with E-state index < -0.39 is 0 Å². The van der Waals surface area contributed by atoms with E-state index in [-0.39, 0.29) is 11.5 Å². The molecule has 2 aromatic carbocycles. The van der Waals surface area contributed by atoms with E-state index in [9.17, 15) is 10.2 Å². The van der Waals surface area contributed by atoms with E-state index >= 15 is 0 Å². The molecule has 3 nitrogen and oxygen atoms in total. The predicted molar refractivity (Wildman–Crippen MR) is 89.0 cm³/mol. The standard InChI is InChI=1S/C18H19NO2/c1-3-5-12-9-15(18(21)16(19)10-12)13-7-8-17(20)14(11-13)6-4-2/h3-11,20-21H,19H2,1-2H3. The second kappa shape index (κ2) is 6.18. The van der Waals surface area contributed by atoms with E-state index in [2.05, 4.69) is 0 Å². The van der Waals surface area contributed by atoms with E-state index in [0.29, 0.717) is 16.8 Å². The molecule has 0 aliphatic rings. The van der Waals surface area contributed by atoms with Crippen LogP contribution in [0.2, 0.25) is 0 Å². The Balaban J connectivity index is 2.63. The molecule has 21 heavy (non-hydrogen) atoms. The summed E-state index contributed by atoms with van der Waals surface area (Å²) in [5, 5.41) is 20.0. The lowest BCUT2D eigenvalue weighted by Gasteiger charge is -2.11. The molecule has 4 N–H and O–H groups in total. The number of hydrogen-bond acceptors (Lipinski definition) is 3. The highest BCUT2D eigenvalue weighted by Gasteiger charge is 2.10. The first-order valence-corrected chi connectivity index (χ1v) is 6.78. The summed E-state index contributed by atoms with van der Waals surface area (Å²) in [4.78, 5) is 0. The molecular weight excluding hydrogens is 262 g/mol. The maximum absolute atomic E-state index is 10.2. The summed E-state index contributed by atoms with van der Waals surface area (Å²) in [5.41, 5.74) is 9.27. The zero-order valence-electron chi connectivity index (χ0n) is 12.2. The van der Waals surface area contributed by atoms with Gasteiger partial charge >= 0.3 is 0 Å². The van der Waals surface area contributed by atoms with Crippen molar-refractivity contribution in [2.75, 3.05) is 5.73 Å². The molecule has 2 aromatic rings. The summed E-state index contributed by atoms with van der Waals surface area (Å²) in [7, 11) is 0. The molecule has 0 aliphatic heterocycles. The van der Waals surface area contributed by atoms with Gasteiger partial charge in [0, 0.05) is 11.1 Å². The molecule has 0 saturated carbocycles. The smallest absolute Gasteiger partial charge is 0.146 e. The molecule has 0 aliphatic carbocycles. The number of allylic oxidation sites excluding steroid dienone is 2. The number of hydrogen-bond donors (Lipinski definition) is 3. The van der Waals surface area contributed by atoms with Crippen molar-refractivity contribution < 1.29 is 10.2 Å². The minimum Gasteiger partial charge on any atom is -0.507 e. The molecule has 0 atom stereocenters. The van der Waals surface area contributed by atoms with Gasteiger partial charge < -0.3 is 15.9 Å². The fourth-order valence-electron chi connectivity index (χ4n) is 2.22. The van der Waals surface area contributed by atoms with E-state index in [1.54, 1.807) is 18.2 Å². The molecule has 0 unspecified atom stereocenters. The van der Waals surface area contributed by atoms with Gasteiger partial charge in [0.05, 0.1) is 5.69 Å². The van der Waals surface area contributed by atoms with Crippen molar-refractivity contribution in [1.29, 1.82) is 0 Å². The SMILES string of the molecule is CC=Cc1cc(N)c(O)c(-c2ccc(O)c(C=CC)c2)c1. The number of benzene rings is 2. The number of nitrogen functional groups attached to an aromatic ring is 1. The third-order valence-corrected chi connectivity index (χ3v) is 3.21. The molecule has 0 bridgehead atoms. The van der Waals surface area contributed by atoms with E-state index in [4.69, 9.17) is 5.73 Å². The summed E-state index contributed by atoms with van der Waals surface area (Å²) < 4.78 is 0. The summed E-state index contributed by atoms with van der Waals surface area (Å²) >= 11 is 0. The number of aromatic hydroxyl groups is 2. The van der Waals surface area contributed by atoms with Crippen LogP contribution in [0.3, 0.4) is 0 Å². The second-order valence-corrected chi connectivity index (χ2v) is 4.78. The van der Waals surface area contributed by atoms with Gasteiger partial charge in [0.1, 0.15) is 11.5 Å². The van der Waals surface area contributed by atoms with Crippen molar-refractivity contribution in [1.82, 2.24) is 0 Å². The highest BCUT2D eigenvalue weighted by Crippen LogP contribution is 2.37. The first-order valence-electron chi connectivity index (χ1n) is 6.78. The Labute approximate surface area is 124 Å². The highest BCUT2D eigenvalue weighted by atomic mass is 16.3. The van der Waals surface area contributed by atoms with E-state index in [1.165, 1.54) is 0 Å². The minimum atomic E-state index is 0.0559. The van der Waals surface area contributed by atoms with Gasteiger partial charge in [0.25, 0.3) is 0 Å². The van der Waals surface area contributed by atoms with Crippen LogP contribution in [0.25, 0.3) is 23.3 Å². The monoisotopic (exact) mass is 281 g/mol. The van der Waals surface area contributed by atoms with Crippen molar-refractivity contribution in [3.63, 3.8) is 0 Å². The van der Waals surface area contributed by atoms with Crippen LogP contribution in [0, 0.1) is 0 Å². The molecule has 0 saturated heterocycles. The molecule has 108 valence electrons. The first-order chi connectivity index (χ1) is 10.1. The van der Waals surface area contributed by atoms with Crippen molar-refractivity contribution in [3.8, 4) is 22.6 Å². The Morgan fingerprint density at radius 1 is 0.952 bits per heavy atom. The molecule has 2 rings (SSSR count). The van der Waals surface area contributed by atoms with Crippen LogP contribution in [0.15, 0.2) is 42.5 Å².